The molecule has 0 aliphatic rings. The first kappa shape index (κ1) is 12.7. The quantitative estimate of drug-likeness (QED) is 0.725. The van der Waals surface area contributed by atoms with Crippen LogP contribution >= 0.6 is 0 Å². The average Bonchev–Trinajstić information content (AvgIpc) is 2.29. The fourth-order valence-electron chi connectivity index (χ4n) is 1.61. The Morgan fingerprint density at radius 2 is 1.94 bits per heavy atom. The standard InChI is InChI=1S/C13H19NO2/c1-2-3-4-5-10-6-8-11(9-7-10)12(14)13(15)16/h6-9,12H,2-5,14H2,1H3,(H,15,16)/t12-/m0/s1. The van der Waals surface area contributed by atoms with Gasteiger partial charge >= 0.3 is 5.97 Å². The first-order valence-electron chi connectivity index (χ1n) is 5.72. The molecule has 0 spiro atoms. The molecule has 0 aliphatic carbocycles. The summed E-state index contributed by atoms with van der Waals surface area (Å²) in [7, 11) is 0. The maximum atomic E-state index is 10.7. The summed E-state index contributed by atoms with van der Waals surface area (Å²) in [6.07, 6.45) is 4.68. The van der Waals surface area contributed by atoms with Gasteiger partial charge in [0, 0.05) is 0 Å². The number of hydrogen-bond acceptors (Lipinski definition) is 2. The lowest BCUT2D eigenvalue weighted by Crippen LogP contribution is -2.20. The second-order valence-electron chi connectivity index (χ2n) is 4.01. The molecular formula is C13H19NO2. The number of carboxylic acids is 1. The molecule has 0 unspecified atom stereocenters. The number of aryl methyl sites for hydroxylation is 1. The van der Waals surface area contributed by atoms with Gasteiger partial charge < -0.3 is 10.8 Å². The molecule has 0 radical (unpaired) electrons. The lowest BCUT2D eigenvalue weighted by atomic mass is 10.0. The molecule has 88 valence electrons. The predicted molar refractivity (Wildman–Crippen MR) is 64.2 cm³/mol. The summed E-state index contributed by atoms with van der Waals surface area (Å²) in [6.45, 7) is 2.18. The Balaban J connectivity index is 2.57. The summed E-state index contributed by atoms with van der Waals surface area (Å²) < 4.78 is 0. The number of benzene rings is 1. The molecule has 0 heterocycles. The van der Waals surface area contributed by atoms with Crippen molar-refractivity contribution in [3.8, 4) is 0 Å². The smallest absolute Gasteiger partial charge is 0.325 e. The Labute approximate surface area is 96.3 Å². The third-order valence-electron chi connectivity index (χ3n) is 2.67. The van der Waals surface area contributed by atoms with Crippen molar-refractivity contribution >= 4 is 5.97 Å². The summed E-state index contributed by atoms with van der Waals surface area (Å²) >= 11 is 0. The zero-order valence-electron chi connectivity index (χ0n) is 9.65. The highest BCUT2D eigenvalue weighted by atomic mass is 16.4. The van der Waals surface area contributed by atoms with Gasteiger partial charge in [-0.15, -0.1) is 0 Å². The van der Waals surface area contributed by atoms with Gasteiger partial charge in [0.2, 0.25) is 0 Å². The molecule has 0 saturated carbocycles. The Morgan fingerprint density at radius 1 is 1.31 bits per heavy atom. The number of unbranched alkanes of at least 4 members (excludes halogenated alkanes) is 2. The molecule has 1 atom stereocenters. The Morgan fingerprint density at radius 3 is 2.44 bits per heavy atom. The van der Waals surface area contributed by atoms with Gasteiger partial charge in [-0.25, -0.2) is 0 Å². The fourth-order valence-corrected chi connectivity index (χ4v) is 1.61. The minimum absolute atomic E-state index is 0.659. The van der Waals surface area contributed by atoms with E-state index < -0.39 is 12.0 Å². The molecule has 16 heavy (non-hydrogen) atoms. The number of rotatable bonds is 6. The second kappa shape index (κ2) is 6.28. The summed E-state index contributed by atoms with van der Waals surface area (Å²) in [5.74, 6) is -0.987. The van der Waals surface area contributed by atoms with Crippen LogP contribution in [-0.2, 0) is 11.2 Å². The van der Waals surface area contributed by atoms with Gasteiger partial charge in [-0.1, -0.05) is 44.0 Å². The molecule has 1 aromatic rings. The zero-order valence-corrected chi connectivity index (χ0v) is 9.65. The van der Waals surface area contributed by atoms with E-state index in [2.05, 4.69) is 6.92 Å². The monoisotopic (exact) mass is 221 g/mol. The van der Waals surface area contributed by atoms with Gasteiger partial charge in [0.15, 0.2) is 0 Å². The van der Waals surface area contributed by atoms with Crippen molar-refractivity contribution in [2.75, 3.05) is 0 Å². The fraction of sp³-hybridized carbons (Fsp3) is 0.462. The SMILES string of the molecule is CCCCCc1ccc([C@H](N)C(=O)O)cc1. The molecule has 0 bridgehead atoms. The highest BCUT2D eigenvalue weighted by molar-refractivity contribution is 5.75. The van der Waals surface area contributed by atoms with Crippen molar-refractivity contribution in [3.63, 3.8) is 0 Å². The molecule has 1 aromatic carbocycles. The minimum Gasteiger partial charge on any atom is -0.480 e. The highest BCUT2D eigenvalue weighted by Gasteiger charge is 2.13. The molecule has 0 amide bonds. The Hall–Kier alpha value is -1.35. The van der Waals surface area contributed by atoms with E-state index >= 15 is 0 Å². The van der Waals surface area contributed by atoms with E-state index in [0.717, 1.165) is 6.42 Å². The van der Waals surface area contributed by atoms with E-state index in [4.69, 9.17) is 10.8 Å². The van der Waals surface area contributed by atoms with Gasteiger partial charge in [0.1, 0.15) is 6.04 Å². The second-order valence-corrected chi connectivity index (χ2v) is 4.01. The highest BCUT2D eigenvalue weighted by Crippen LogP contribution is 2.13. The lowest BCUT2D eigenvalue weighted by Gasteiger charge is -2.07. The molecular weight excluding hydrogens is 202 g/mol. The number of hydrogen-bond donors (Lipinski definition) is 2. The summed E-state index contributed by atoms with van der Waals surface area (Å²) in [5, 5.41) is 8.75. The molecule has 3 nitrogen and oxygen atoms in total. The van der Waals surface area contributed by atoms with Crippen molar-refractivity contribution in [1.82, 2.24) is 0 Å². The van der Waals surface area contributed by atoms with E-state index in [1.807, 2.05) is 12.1 Å². The maximum absolute atomic E-state index is 10.7. The van der Waals surface area contributed by atoms with Crippen LogP contribution in [0.1, 0.15) is 43.4 Å². The Kier molecular flexibility index (Phi) is 4.99. The van der Waals surface area contributed by atoms with Crippen LogP contribution in [0.2, 0.25) is 0 Å². The molecule has 3 N–H and O–H groups in total. The number of carboxylic acid groups (broad SMARTS) is 1. The molecule has 0 aliphatic heterocycles. The third kappa shape index (κ3) is 3.66. The van der Waals surface area contributed by atoms with E-state index in [1.54, 1.807) is 12.1 Å². The largest absolute Gasteiger partial charge is 0.480 e. The van der Waals surface area contributed by atoms with Gasteiger partial charge in [-0.2, -0.15) is 0 Å². The topological polar surface area (TPSA) is 63.3 Å². The van der Waals surface area contributed by atoms with Crippen LogP contribution in [0.5, 0.6) is 0 Å². The van der Waals surface area contributed by atoms with Crippen molar-refractivity contribution in [3.05, 3.63) is 35.4 Å². The van der Waals surface area contributed by atoms with Crippen molar-refractivity contribution in [1.29, 1.82) is 0 Å². The maximum Gasteiger partial charge on any atom is 0.325 e. The van der Waals surface area contributed by atoms with Crippen molar-refractivity contribution < 1.29 is 9.90 Å². The van der Waals surface area contributed by atoms with E-state index in [0.29, 0.717) is 5.56 Å². The van der Waals surface area contributed by atoms with E-state index in [9.17, 15) is 4.79 Å². The van der Waals surface area contributed by atoms with Crippen LogP contribution in [0.4, 0.5) is 0 Å². The van der Waals surface area contributed by atoms with Crippen LogP contribution in [-0.4, -0.2) is 11.1 Å². The van der Waals surface area contributed by atoms with Crippen molar-refractivity contribution in [2.45, 2.75) is 38.6 Å². The Bertz CT molecular complexity index is 332. The van der Waals surface area contributed by atoms with Gasteiger partial charge in [0.25, 0.3) is 0 Å². The normalized spacial score (nSPS) is 12.4. The first-order chi connectivity index (χ1) is 7.65. The van der Waals surface area contributed by atoms with Crippen LogP contribution in [0.25, 0.3) is 0 Å². The first-order valence-corrected chi connectivity index (χ1v) is 5.72. The van der Waals surface area contributed by atoms with Gasteiger partial charge in [0.05, 0.1) is 0 Å². The van der Waals surface area contributed by atoms with E-state index in [1.165, 1.54) is 24.8 Å². The molecule has 0 saturated heterocycles. The summed E-state index contributed by atoms with van der Waals surface area (Å²) in [6, 6.07) is 6.63. The average molecular weight is 221 g/mol. The van der Waals surface area contributed by atoms with Crippen LogP contribution < -0.4 is 5.73 Å². The molecule has 1 rings (SSSR count). The lowest BCUT2D eigenvalue weighted by molar-refractivity contribution is -0.138. The predicted octanol–water partition coefficient (Wildman–Crippen LogP) is 2.50. The van der Waals surface area contributed by atoms with E-state index in [-0.39, 0.29) is 0 Å². The van der Waals surface area contributed by atoms with Crippen LogP contribution in [0, 0.1) is 0 Å². The molecule has 3 heteroatoms. The molecule has 0 aromatic heterocycles. The van der Waals surface area contributed by atoms with Gasteiger partial charge in [-0.3, -0.25) is 4.79 Å². The van der Waals surface area contributed by atoms with Crippen LogP contribution in [0.3, 0.4) is 0 Å². The zero-order chi connectivity index (χ0) is 12.0. The van der Waals surface area contributed by atoms with Crippen LogP contribution in [0.15, 0.2) is 24.3 Å². The number of nitrogens with two attached hydrogens (primary N) is 1. The number of carbonyl (C=O) groups is 1. The molecule has 0 fully saturated rings. The third-order valence-corrected chi connectivity index (χ3v) is 2.67. The minimum atomic E-state index is -0.987. The van der Waals surface area contributed by atoms with Gasteiger partial charge in [-0.05, 0) is 24.0 Å². The van der Waals surface area contributed by atoms with Crippen molar-refractivity contribution in [2.24, 2.45) is 5.73 Å². The summed E-state index contributed by atoms with van der Waals surface area (Å²) in [5.41, 5.74) is 7.41. The summed E-state index contributed by atoms with van der Waals surface area (Å²) in [4.78, 5) is 10.7. The number of aliphatic carboxylic acids is 1.